The van der Waals surface area contributed by atoms with E-state index in [1.165, 1.54) is 6.20 Å². The molecule has 0 spiro atoms. The number of rotatable bonds is 3. The number of pyridine rings is 1. The van der Waals surface area contributed by atoms with Crippen LogP contribution >= 0.6 is 15.9 Å². The molecule has 0 aliphatic rings. The molecule has 0 radical (unpaired) electrons. The van der Waals surface area contributed by atoms with Crippen LogP contribution in [0, 0.1) is 12.7 Å². The van der Waals surface area contributed by atoms with E-state index in [1.54, 1.807) is 19.1 Å². The van der Waals surface area contributed by atoms with E-state index in [1.807, 2.05) is 0 Å². The number of anilines is 2. The van der Waals surface area contributed by atoms with Crippen LogP contribution in [0.15, 0.2) is 39.8 Å². The molecule has 8 heteroatoms. The molecule has 0 amide bonds. The zero-order valence-electron chi connectivity index (χ0n) is 10.4. The van der Waals surface area contributed by atoms with Crippen molar-refractivity contribution in [3.05, 3.63) is 46.3 Å². The second-order valence-corrected chi connectivity index (χ2v) is 6.58. The molecule has 0 aliphatic carbocycles. The lowest BCUT2D eigenvalue weighted by atomic mass is 10.3. The van der Waals surface area contributed by atoms with E-state index in [4.69, 9.17) is 5.73 Å². The fourth-order valence-electron chi connectivity index (χ4n) is 1.55. The van der Waals surface area contributed by atoms with Crippen LogP contribution in [0.4, 0.5) is 15.9 Å². The Balaban J connectivity index is 2.47. The predicted molar refractivity (Wildman–Crippen MR) is 78.3 cm³/mol. The van der Waals surface area contributed by atoms with Crippen molar-refractivity contribution < 1.29 is 12.8 Å². The van der Waals surface area contributed by atoms with Gasteiger partial charge in [0.05, 0.1) is 10.2 Å². The Kier molecular flexibility index (Phi) is 3.96. The van der Waals surface area contributed by atoms with Gasteiger partial charge < -0.3 is 5.73 Å². The molecule has 2 rings (SSSR count). The summed E-state index contributed by atoms with van der Waals surface area (Å²) in [5.41, 5.74) is 6.06. The summed E-state index contributed by atoms with van der Waals surface area (Å²) in [6, 6.07) is 5.47. The van der Waals surface area contributed by atoms with Gasteiger partial charge in [0, 0.05) is 6.20 Å². The number of aromatic nitrogens is 1. The van der Waals surface area contributed by atoms with Crippen LogP contribution in [0.2, 0.25) is 0 Å². The zero-order valence-corrected chi connectivity index (χ0v) is 12.8. The quantitative estimate of drug-likeness (QED) is 0.825. The van der Waals surface area contributed by atoms with Crippen LogP contribution < -0.4 is 10.5 Å². The van der Waals surface area contributed by atoms with Crippen LogP contribution in [-0.4, -0.2) is 13.4 Å². The van der Waals surface area contributed by atoms with Crippen LogP contribution in [0.1, 0.15) is 5.56 Å². The van der Waals surface area contributed by atoms with Gasteiger partial charge in [-0.15, -0.1) is 0 Å². The SMILES string of the molecule is Cc1cccnc1NS(=O)(=O)c1cc(Br)c(F)cc1N. The zero-order chi connectivity index (χ0) is 14.9. The highest BCUT2D eigenvalue weighted by molar-refractivity contribution is 9.10. The number of benzene rings is 1. The first-order valence-corrected chi connectivity index (χ1v) is 7.78. The summed E-state index contributed by atoms with van der Waals surface area (Å²) in [6.07, 6.45) is 1.47. The van der Waals surface area contributed by atoms with Crippen molar-refractivity contribution in [3.8, 4) is 0 Å². The summed E-state index contributed by atoms with van der Waals surface area (Å²) in [4.78, 5) is 3.73. The summed E-state index contributed by atoms with van der Waals surface area (Å²) < 4.78 is 40.2. The van der Waals surface area contributed by atoms with Gasteiger partial charge >= 0.3 is 0 Å². The third-order valence-corrected chi connectivity index (χ3v) is 4.59. The lowest BCUT2D eigenvalue weighted by Crippen LogP contribution is -2.16. The van der Waals surface area contributed by atoms with E-state index < -0.39 is 15.8 Å². The first kappa shape index (κ1) is 14.7. The van der Waals surface area contributed by atoms with E-state index >= 15 is 0 Å². The van der Waals surface area contributed by atoms with E-state index in [-0.39, 0.29) is 20.9 Å². The van der Waals surface area contributed by atoms with Gasteiger partial charge in [0.2, 0.25) is 0 Å². The van der Waals surface area contributed by atoms with Gasteiger partial charge in [-0.2, -0.15) is 0 Å². The average molecular weight is 360 g/mol. The first-order valence-electron chi connectivity index (χ1n) is 5.50. The Labute approximate surface area is 124 Å². The smallest absolute Gasteiger partial charge is 0.265 e. The fourth-order valence-corrected chi connectivity index (χ4v) is 3.27. The van der Waals surface area contributed by atoms with Crippen molar-refractivity contribution >= 4 is 37.5 Å². The van der Waals surface area contributed by atoms with Gasteiger partial charge in [0.1, 0.15) is 16.5 Å². The number of aryl methyl sites for hydroxylation is 1. The molecule has 3 N–H and O–H groups in total. The van der Waals surface area contributed by atoms with Crippen molar-refractivity contribution in [2.75, 3.05) is 10.5 Å². The summed E-state index contributed by atoms with van der Waals surface area (Å²) in [7, 11) is -3.94. The van der Waals surface area contributed by atoms with Crippen LogP contribution in [0.25, 0.3) is 0 Å². The summed E-state index contributed by atoms with van der Waals surface area (Å²) in [5, 5.41) is 0. The summed E-state index contributed by atoms with van der Waals surface area (Å²) in [6.45, 7) is 1.72. The highest BCUT2D eigenvalue weighted by Crippen LogP contribution is 2.27. The molecule has 0 bridgehead atoms. The monoisotopic (exact) mass is 359 g/mol. The number of sulfonamides is 1. The maximum absolute atomic E-state index is 13.3. The number of nitrogens with zero attached hydrogens (tertiary/aromatic N) is 1. The molecule has 2 aromatic rings. The summed E-state index contributed by atoms with van der Waals surface area (Å²) >= 11 is 2.93. The number of nitrogen functional groups attached to an aromatic ring is 1. The van der Waals surface area contributed by atoms with Crippen LogP contribution in [0.5, 0.6) is 0 Å². The Morgan fingerprint density at radius 2 is 2.10 bits per heavy atom. The molecule has 0 fully saturated rings. The van der Waals surface area contributed by atoms with Crippen molar-refractivity contribution in [3.63, 3.8) is 0 Å². The predicted octanol–water partition coefficient (Wildman–Crippen LogP) is 2.67. The Hall–Kier alpha value is -1.67. The minimum absolute atomic E-state index is 0.0183. The molecule has 5 nitrogen and oxygen atoms in total. The lowest BCUT2D eigenvalue weighted by Gasteiger charge is -2.11. The Morgan fingerprint density at radius 3 is 2.75 bits per heavy atom. The van der Waals surface area contributed by atoms with Gasteiger partial charge in [-0.25, -0.2) is 17.8 Å². The molecule has 0 saturated heterocycles. The number of hydrogen-bond donors (Lipinski definition) is 2. The van der Waals surface area contributed by atoms with Crippen molar-refractivity contribution in [1.82, 2.24) is 4.98 Å². The fraction of sp³-hybridized carbons (Fsp3) is 0.0833. The second-order valence-electron chi connectivity index (χ2n) is 4.08. The Bertz CT molecular complexity index is 765. The van der Waals surface area contributed by atoms with Gasteiger partial charge in [-0.05, 0) is 46.6 Å². The first-order chi connectivity index (χ1) is 9.31. The second kappa shape index (κ2) is 5.37. The summed E-state index contributed by atoms with van der Waals surface area (Å²) in [5.74, 6) is -0.428. The molecule has 1 aromatic carbocycles. The molecule has 0 saturated carbocycles. The number of halogens is 2. The highest BCUT2D eigenvalue weighted by atomic mass is 79.9. The topological polar surface area (TPSA) is 85.1 Å². The number of nitrogens with one attached hydrogen (secondary N) is 1. The van der Waals surface area contributed by atoms with E-state index in [9.17, 15) is 12.8 Å². The normalized spacial score (nSPS) is 11.3. The number of nitrogens with two attached hydrogens (primary N) is 1. The highest BCUT2D eigenvalue weighted by Gasteiger charge is 2.21. The van der Waals surface area contributed by atoms with E-state index in [0.717, 1.165) is 12.1 Å². The minimum atomic E-state index is -3.94. The average Bonchev–Trinajstić information content (AvgIpc) is 2.36. The molecule has 1 heterocycles. The van der Waals surface area contributed by atoms with Crippen molar-refractivity contribution in [1.29, 1.82) is 0 Å². The molecular weight excluding hydrogens is 349 g/mol. The molecule has 0 atom stereocenters. The third kappa shape index (κ3) is 2.91. The van der Waals surface area contributed by atoms with Gasteiger partial charge in [-0.3, -0.25) is 4.72 Å². The molecular formula is C12H11BrFN3O2S. The van der Waals surface area contributed by atoms with Crippen molar-refractivity contribution in [2.24, 2.45) is 0 Å². The van der Waals surface area contributed by atoms with Crippen LogP contribution in [-0.2, 0) is 10.0 Å². The maximum Gasteiger partial charge on any atom is 0.265 e. The third-order valence-electron chi connectivity index (χ3n) is 2.58. The van der Waals surface area contributed by atoms with E-state index in [2.05, 4.69) is 25.6 Å². The molecule has 20 heavy (non-hydrogen) atoms. The maximum atomic E-state index is 13.3. The molecule has 0 unspecified atom stereocenters. The molecule has 0 aliphatic heterocycles. The molecule has 1 aromatic heterocycles. The van der Waals surface area contributed by atoms with Crippen LogP contribution in [0.3, 0.4) is 0 Å². The van der Waals surface area contributed by atoms with Crippen molar-refractivity contribution in [2.45, 2.75) is 11.8 Å². The largest absolute Gasteiger partial charge is 0.398 e. The standard InChI is InChI=1S/C12H11BrFN3O2S/c1-7-3-2-4-16-12(7)17-20(18,19)11-5-8(13)9(14)6-10(11)15/h2-6H,15H2,1H3,(H,16,17). The Morgan fingerprint density at radius 1 is 1.40 bits per heavy atom. The van der Waals surface area contributed by atoms with Gasteiger partial charge in [0.15, 0.2) is 0 Å². The minimum Gasteiger partial charge on any atom is -0.398 e. The van der Waals surface area contributed by atoms with E-state index in [0.29, 0.717) is 5.56 Å². The van der Waals surface area contributed by atoms with Gasteiger partial charge in [0.25, 0.3) is 10.0 Å². The number of hydrogen-bond acceptors (Lipinski definition) is 4. The molecule has 106 valence electrons. The van der Waals surface area contributed by atoms with Gasteiger partial charge in [-0.1, -0.05) is 6.07 Å². The lowest BCUT2D eigenvalue weighted by molar-refractivity contribution is 0.599.